The molecule has 0 aliphatic heterocycles. The Kier molecular flexibility index (Phi) is 4.97. The minimum atomic E-state index is 0.406. The highest BCUT2D eigenvalue weighted by molar-refractivity contribution is 6.39. The van der Waals surface area contributed by atoms with Crippen LogP contribution in [0.2, 0.25) is 11.6 Å². The van der Waals surface area contributed by atoms with E-state index in [1.807, 2.05) is 0 Å². The van der Waals surface area contributed by atoms with Crippen molar-refractivity contribution in [2.45, 2.75) is 59.6 Å². The maximum Gasteiger partial charge on any atom is 0.117 e. The fourth-order valence-electron chi connectivity index (χ4n) is 0.907. The summed E-state index contributed by atoms with van der Waals surface area (Å²) in [7, 11) is 2.49. The van der Waals surface area contributed by atoms with E-state index in [1.165, 1.54) is 12.7 Å². The molecular weight excluding hydrogens is 143 g/mol. The summed E-state index contributed by atoms with van der Waals surface area (Å²) in [5, 5.41) is 0.406. The van der Waals surface area contributed by atoms with Crippen molar-refractivity contribution in [1.29, 1.82) is 0 Å². The molecule has 1 atom stereocenters. The van der Waals surface area contributed by atoms with Crippen LogP contribution in [-0.4, -0.2) is 7.28 Å². The van der Waals surface area contributed by atoms with Gasteiger partial charge < -0.3 is 0 Å². The van der Waals surface area contributed by atoms with Crippen LogP contribution in [0.5, 0.6) is 0 Å². The van der Waals surface area contributed by atoms with E-state index in [0.717, 1.165) is 11.8 Å². The maximum absolute atomic E-state index is 2.49. The van der Waals surface area contributed by atoms with Crippen molar-refractivity contribution in [3.8, 4) is 0 Å². The van der Waals surface area contributed by atoms with E-state index in [0.29, 0.717) is 5.31 Å². The van der Waals surface area contributed by atoms with Crippen molar-refractivity contribution in [3.05, 3.63) is 0 Å². The van der Waals surface area contributed by atoms with E-state index in [1.54, 1.807) is 0 Å². The SMILES string of the molecule is CCC(C)C[B]C(C)(C)C(C)C. The monoisotopic (exact) mass is 167 g/mol. The zero-order valence-corrected chi connectivity index (χ0v) is 9.65. The molecule has 0 aromatic rings. The van der Waals surface area contributed by atoms with Gasteiger partial charge in [-0.05, 0) is 5.92 Å². The summed E-state index contributed by atoms with van der Waals surface area (Å²) >= 11 is 0. The highest BCUT2D eigenvalue weighted by Crippen LogP contribution is 2.34. The van der Waals surface area contributed by atoms with Crippen LogP contribution in [0.3, 0.4) is 0 Å². The second-order valence-corrected chi connectivity index (χ2v) is 4.93. The molecule has 0 spiro atoms. The lowest BCUT2D eigenvalue weighted by Crippen LogP contribution is -2.20. The zero-order valence-electron chi connectivity index (χ0n) is 9.65. The van der Waals surface area contributed by atoms with Crippen molar-refractivity contribution < 1.29 is 0 Å². The quantitative estimate of drug-likeness (QED) is 0.542. The molecule has 0 saturated heterocycles. The van der Waals surface area contributed by atoms with E-state index in [9.17, 15) is 0 Å². The average molecular weight is 167 g/mol. The normalized spacial score (nSPS) is 14.9. The Morgan fingerprint density at radius 3 is 2.00 bits per heavy atom. The Balaban J connectivity index is 3.75. The third-order valence-electron chi connectivity index (χ3n) is 3.23. The average Bonchev–Trinajstić information content (AvgIpc) is 2.00. The van der Waals surface area contributed by atoms with E-state index < -0.39 is 0 Å². The van der Waals surface area contributed by atoms with Gasteiger partial charge in [-0.3, -0.25) is 0 Å². The van der Waals surface area contributed by atoms with Crippen LogP contribution in [0.15, 0.2) is 0 Å². The van der Waals surface area contributed by atoms with Gasteiger partial charge in [-0.25, -0.2) is 0 Å². The highest BCUT2D eigenvalue weighted by atomic mass is 14.2. The van der Waals surface area contributed by atoms with Crippen LogP contribution in [0.1, 0.15) is 48.0 Å². The standard InChI is InChI=1S/C11H24B/c1-7-10(4)8-12-11(5,6)9(2)3/h9-10H,7-8H2,1-6H3. The Morgan fingerprint density at radius 1 is 1.17 bits per heavy atom. The topological polar surface area (TPSA) is 0 Å². The second kappa shape index (κ2) is 4.94. The third kappa shape index (κ3) is 4.18. The minimum Gasteiger partial charge on any atom is -0.0771 e. The summed E-state index contributed by atoms with van der Waals surface area (Å²) in [6.45, 7) is 13.9. The first-order chi connectivity index (χ1) is 5.40. The number of hydrogen-bond donors (Lipinski definition) is 0. The molecule has 12 heavy (non-hydrogen) atoms. The Bertz CT molecular complexity index is 116. The lowest BCUT2D eigenvalue weighted by atomic mass is 9.46. The first-order valence-corrected chi connectivity index (χ1v) is 5.24. The Labute approximate surface area is 79.4 Å². The molecule has 0 bridgehead atoms. The van der Waals surface area contributed by atoms with Crippen molar-refractivity contribution in [2.75, 3.05) is 0 Å². The molecule has 0 N–H and O–H groups in total. The minimum absolute atomic E-state index is 0.406. The zero-order chi connectivity index (χ0) is 9.78. The summed E-state index contributed by atoms with van der Waals surface area (Å²) in [6.07, 6.45) is 2.56. The van der Waals surface area contributed by atoms with Gasteiger partial charge in [0.15, 0.2) is 0 Å². The van der Waals surface area contributed by atoms with Gasteiger partial charge in [0.1, 0.15) is 7.28 Å². The Hall–Kier alpha value is 0.0649. The molecule has 1 heteroatoms. The molecule has 0 nitrogen and oxygen atoms in total. The summed E-state index contributed by atoms with van der Waals surface area (Å²) in [4.78, 5) is 0. The fraction of sp³-hybridized carbons (Fsp3) is 1.00. The van der Waals surface area contributed by atoms with E-state index in [4.69, 9.17) is 0 Å². The molecule has 0 saturated carbocycles. The van der Waals surface area contributed by atoms with Gasteiger partial charge in [0, 0.05) is 0 Å². The van der Waals surface area contributed by atoms with E-state index in [2.05, 4.69) is 48.8 Å². The van der Waals surface area contributed by atoms with Crippen LogP contribution >= 0.6 is 0 Å². The summed E-state index contributed by atoms with van der Waals surface area (Å²) in [5.74, 6) is 1.60. The largest absolute Gasteiger partial charge is 0.117 e. The van der Waals surface area contributed by atoms with Gasteiger partial charge in [-0.2, -0.15) is 0 Å². The molecule has 0 aliphatic carbocycles. The van der Waals surface area contributed by atoms with Crippen molar-refractivity contribution in [2.24, 2.45) is 11.8 Å². The molecular formula is C11H24B. The van der Waals surface area contributed by atoms with E-state index >= 15 is 0 Å². The maximum atomic E-state index is 2.49. The first kappa shape index (κ1) is 12.1. The number of hydrogen-bond acceptors (Lipinski definition) is 0. The summed E-state index contributed by atoms with van der Waals surface area (Å²) in [6, 6.07) is 0. The van der Waals surface area contributed by atoms with Gasteiger partial charge in [0.2, 0.25) is 0 Å². The highest BCUT2D eigenvalue weighted by Gasteiger charge is 2.23. The van der Waals surface area contributed by atoms with Crippen LogP contribution in [0.4, 0.5) is 0 Å². The second-order valence-electron chi connectivity index (χ2n) is 4.93. The smallest absolute Gasteiger partial charge is 0.0771 e. The predicted molar refractivity (Wildman–Crippen MR) is 58.9 cm³/mol. The van der Waals surface area contributed by atoms with Crippen LogP contribution < -0.4 is 0 Å². The molecule has 0 aliphatic rings. The molecule has 1 radical (unpaired) electrons. The lowest BCUT2D eigenvalue weighted by molar-refractivity contribution is 0.467. The molecule has 0 amide bonds. The fourth-order valence-corrected chi connectivity index (χ4v) is 0.907. The van der Waals surface area contributed by atoms with Crippen molar-refractivity contribution >= 4 is 7.28 Å². The molecule has 0 fully saturated rings. The first-order valence-electron chi connectivity index (χ1n) is 5.24. The lowest BCUT2D eigenvalue weighted by Gasteiger charge is -2.29. The molecule has 0 rings (SSSR count). The van der Waals surface area contributed by atoms with Gasteiger partial charge in [-0.15, -0.1) is 0 Å². The molecule has 0 heterocycles. The van der Waals surface area contributed by atoms with Gasteiger partial charge in [0.05, 0.1) is 0 Å². The van der Waals surface area contributed by atoms with Gasteiger partial charge in [0.25, 0.3) is 0 Å². The summed E-state index contributed by atoms with van der Waals surface area (Å²) in [5.41, 5.74) is 0. The van der Waals surface area contributed by atoms with Gasteiger partial charge in [-0.1, -0.05) is 65.5 Å². The molecule has 1 unspecified atom stereocenters. The van der Waals surface area contributed by atoms with E-state index in [-0.39, 0.29) is 0 Å². The summed E-state index contributed by atoms with van der Waals surface area (Å²) < 4.78 is 0. The van der Waals surface area contributed by atoms with Crippen LogP contribution in [0.25, 0.3) is 0 Å². The Morgan fingerprint density at radius 2 is 1.67 bits per heavy atom. The predicted octanol–water partition coefficient (Wildman–Crippen LogP) is 4.01. The molecule has 0 aromatic heterocycles. The molecule has 71 valence electrons. The van der Waals surface area contributed by atoms with Crippen molar-refractivity contribution in [3.63, 3.8) is 0 Å². The van der Waals surface area contributed by atoms with Crippen molar-refractivity contribution in [1.82, 2.24) is 0 Å². The van der Waals surface area contributed by atoms with Crippen LogP contribution in [-0.2, 0) is 0 Å². The van der Waals surface area contributed by atoms with Gasteiger partial charge >= 0.3 is 0 Å². The molecule has 0 aromatic carbocycles. The number of rotatable bonds is 5. The third-order valence-corrected chi connectivity index (χ3v) is 3.23. The van der Waals surface area contributed by atoms with Crippen LogP contribution in [0, 0.1) is 11.8 Å².